The van der Waals surface area contributed by atoms with Gasteiger partial charge in [-0.1, -0.05) is 55.5 Å². The van der Waals surface area contributed by atoms with Crippen LogP contribution in [0.1, 0.15) is 35.2 Å². The molecule has 2 aromatic rings. The predicted octanol–water partition coefficient (Wildman–Crippen LogP) is 3.95. The lowest BCUT2D eigenvalue weighted by Crippen LogP contribution is -2.31. The molecule has 2 aromatic carbocycles. The van der Waals surface area contributed by atoms with Crippen molar-refractivity contribution in [3.8, 4) is 0 Å². The Morgan fingerprint density at radius 1 is 1.00 bits per heavy atom. The minimum absolute atomic E-state index is 0.0833. The molecule has 0 aliphatic heterocycles. The molecule has 0 heterocycles. The maximum atomic E-state index is 12.4. The van der Waals surface area contributed by atoms with E-state index >= 15 is 0 Å². The Morgan fingerprint density at radius 2 is 1.55 bits per heavy atom. The van der Waals surface area contributed by atoms with Gasteiger partial charge in [0.25, 0.3) is 5.91 Å². The zero-order valence-electron chi connectivity index (χ0n) is 12.1. The Balaban J connectivity index is 2.06. The lowest BCUT2D eigenvalue weighted by molar-refractivity contribution is 0.0785. The monoisotopic (exact) mass is 267 g/mol. The second kappa shape index (κ2) is 6.90. The third kappa shape index (κ3) is 3.47. The fraction of sp³-hybridized carbons (Fsp3) is 0.278. The van der Waals surface area contributed by atoms with Crippen molar-refractivity contribution in [1.29, 1.82) is 0 Å². The summed E-state index contributed by atoms with van der Waals surface area (Å²) in [5.41, 5.74) is 2.04. The van der Waals surface area contributed by atoms with Gasteiger partial charge in [-0.15, -0.1) is 0 Å². The van der Waals surface area contributed by atoms with E-state index in [0.717, 1.165) is 18.5 Å². The van der Waals surface area contributed by atoms with Crippen LogP contribution in [0, 0.1) is 0 Å². The standard InChI is InChI=1S/C18H21NO/c1-3-15(16-10-6-4-7-11-16)14-19(2)18(20)17-12-8-5-9-13-17/h4-13,15H,3,14H2,1-2H3. The average Bonchev–Trinajstić information content (AvgIpc) is 2.53. The molecule has 0 aliphatic carbocycles. The van der Waals surface area contributed by atoms with Gasteiger partial charge in [-0.25, -0.2) is 0 Å². The quantitative estimate of drug-likeness (QED) is 0.803. The van der Waals surface area contributed by atoms with E-state index in [2.05, 4.69) is 31.2 Å². The maximum Gasteiger partial charge on any atom is 0.253 e. The normalized spacial score (nSPS) is 11.9. The van der Waals surface area contributed by atoms with Crippen molar-refractivity contribution in [3.63, 3.8) is 0 Å². The zero-order chi connectivity index (χ0) is 14.4. The Labute approximate surface area is 121 Å². The third-order valence-corrected chi connectivity index (χ3v) is 3.63. The molecule has 0 spiro atoms. The molecule has 0 saturated heterocycles. The number of likely N-dealkylation sites (N-methyl/N-ethyl adjacent to an activating group) is 1. The van der Waals surface area contributed by atoms with Crippen molar-refractivity contribution in [3.05, 3.63) is 71.8 Å². The molecule has 1 atom stereocenters. The molecule has 0 N–H and O–H groups in total. The van der Waals surface area contributed by atoms with Crippen molar-refractivity contribution < 1.29 is 4.79 Å². The first-order chi connectivity index (χ1) is 9.72. The topological polar surface area (TPSA) is 20.3 Å². The van der Waals surface area contributed by atoms with Crippen LogP contribution in [0.25, 0.3) is 0 Å². The van der Waals surface area contributed by atoms with Crippen LogP contribution in [-0.4, -0.2) is 24.4 Å². The molecule has 0 aliphatic rings. The van der Waals surface area contributed by atoms with Crippen LogP contribution in [0.2, 0.25) is 0 Å². The SMILES string of the molecule is CCC(CN(C)C(=O)c1ccccc1)c1ccccc1. The Hall–Kier alpha value is -2.09. The van der Waals surface area contributed by atoms with Crippen LogP contribution >= 0.6 is 0 Å². The van der Waals surface area contributed by atoms with Gasteiger partial charge in [-0.2, -0.15) is 0 Å². The highest BCUT2D eigenvalue weighted by Gasteiger charge is 2.16. The number of nitrogens with zero attached hydrogens (tertiary/aromatic N) is 1. The summed E-state index contributed by atoms with van der Waals surface area (Å²) in [4.78, 5) is 14.2. The van der Waals surface area contributed by atoms with Gasteiger partial charge in [0.15, 0.2) is 0 Å². The zero-order valence-corrected chi connectivity index (χ0v) is 12.1. The second-order valence-corrected chi connectivity index (χ2v) is 5.07. The van der Waals surface area contributed by atoms with Crippen molar-refractivity contribution in [1.82, 2.24) is 4.90 Å². The Bertz CT molecular complexity index is 536. The molecule has 2 nitrogen and oxygen atoms in total. The molecule has 0 bridgehead atoms. The first kappa shape index (κ1) is 14.3. The minimum Gasteiger partial charge on any atom is -0.341 e. The molecular weight excluding hydrogens is 246 g/mol. The molecule has 20 heavy (non-hydrogen) atoms. The van der Waals surface area contributed by atoms with E-state index in [-0.39, 0.29) is 5.91 Å². The van der Waals surface area contributed by atoms with E-state index in [9.17, 15) is 4.79 Å². The highest BCUT2D eigenvalue weighted by Crippen LogP contribution is 2.20. The van der Waals surface area contributed by atoms with Crippen molar-refractivity contribution in [2.24, 2.45) is 0 Å². The number of carbonyl (C=O) groups is 1. The third-order valence-electron chi connectivity index (χ3n) is 3.63. The number of carbonyl (C=O) groups excluding carboxylic acids is 1. The molecule has 0 fully saturated rings. The van der Waals surface area contributed by atoms with Gasteiger partial charge in [-0.3, -0.25) is 4.79 Å². The molecule has 1 amide bonds. The van der Waals surface area contributed by atoms with Crippen LogP contribution in [0.4, 0.5) is 0 Å². The summed E-state index contributed by atoms with van der Waals surface area (Å²) < 4.78 is 0. The van der Waals surface area contributed by atoms with Crippen LogP contribution in [0.15, 0.2) is 60.7 Å². The van der Waals surface area contributed by atoms with E-state index in [1.54, 1.807) is 0 Å². The molecule has 2 heteroatoms. The van der Waals surface area contributed by atoms with Crippen LogP contribution in [-0.2, 0) is 0 Å². The van der Waals surface area contributed by atoms with Crippen molar-refractivity contribution >= 4 is 5.91 Å². The van der Waals surface area contributed by atoms with E-state index in [4.69, 9.17) is 0 Å². The summed E-state index contributed by atoms with van der Waals surface area (Å²) in [7, 11) is 1.88. The summed E-state index contributed by atoms with van der Waals surface area (Å²) in [6.45, 7) is 2.91. The highest BCUT2D eigenvalue weighted by molar-refractivity contribution is 5.94. The number of hydrogen-bond donors (Lipinski definition) is 0. The van der Waals surface area contributed by atoms with Crippen molar-refractivity contribution in [2.45, 2.75) is 19.3 Å². The lowest BCUT2D eigenvalue weighted by Gasteiger charge is -2.24. The number of amides is 1. The molecule has 1 unspecified atom stereocenters. The Morgan fingerprint density at radius 3 is 2.10 bits per heavy atom. The summed E-state index contributed by atoms with van der Waals surface area (Å²) in [5, 5.41) is 0. The second-order valence-electron chi connectivity index (χ2n) is 5.07. The summed E-state index contributed by atoms with van der Waals surface area (Å²) in [6, 6.07) is 19.8. The average molecular weight is 267 g/mol. The summed E-state index contributed by atoms with van der Waals surface area (Å²) in [5.74, 6) is 0.467. The van der Waals surface area contributed by atoms with Crippen LogP contribution < -0.4 is 0 Å². The molecule has 104 valence electrons. The van der Waals surface area contributed by atoms with E-state index in [1.165, 1.54) is 5.56 Å². The summed E-state index contributed by atoms with van der Waals surface area (Å²) in [6.07, 6.45) is 1.02. The van der Waals surface area contributed by atoms with Gasteiger partial charge in [0.1, 0.15) is 0 Å². The largest absolute Gasteiger partial charge is 0.341 e. The van der Waals surface area contributed by atoms with Crippen LogP contribution in [0.5, 0.6) is 0 Å². The van der Waals surface area contributed by atoms with Gasteiger partial charge in [0.05, 0.1) is 0 Å². The van der Waals surface area contributed by atoms with Gasteiger partial charge in [0.2, 0.25) is 0 Å². The fourth-order valence-electron chi connectivity index (χ4n) is 2.41. The lowest BCUT2D eigenvalue weighted by atomic mass is 9.96. The molecule has 2 rings (SSSR count). The molecule has 0 saturated carbocycles. The van der Waals surface area contributed by atoms with E-state index in [0.29, 0.717) is 5.92 Å². The molecule has 0 aromatic heterocycles. The van der Waals surface area contributed by atoms with Gasteiger partial charge in [0, 0.05) is 25.1 Å². The predicted molar refractivity (Wildman–Crippen MR) is 82.9 cm³/mol. The summed E-state index contributed by atoms with van der Waals surface area (Å²) >= 11 is 0. The number of hydrogen-bond acceptors (Lipinski definition) is 1. The van der Waals surface area contributed by atoms with E-state index < -0.39 is 0 Å². The highest BCUT2D eigenvalue weighted by atomic mass is 16.2. The number of benzene rings is 2. The van der Waals surface area contributed by atoms with Crippen LogP contribution in [0.3, 0.4) is 0 Å². The minimum atomic E-state index is 0.0833. The van der Waals surface area contributed by atoms with E-state index in [1.807, 2.05) is 48.3 Å². The van der Waals surface area contributed by atoms with Gasteiger partial charge >= 0.3 is 0 Å². The molecular formula is C18H21NO. The molecule has 0 radical (unpaired) electrons. The first-order valence-corrected chi connectivity index (χ1v) is 7.07. The Kier molecular flexibility index (Phi) is 4.94. The van der Waals surface area contributed by atoms with Gasteiger partial charge in [-0.05, 0) is 24.1 Å². The van der Waals surface area contributed by atoms with Gasteiger partial charge < -0.3 is 4.90 Å². The smallest absolute Gasteiger partial charge is 0.253 e. The first-order valence-electron chi connectivity index (χ1n) is 7.07. The van der Waals surface area contributed by atoms with Crippen molar-refractivity contribution in [2.75, 3.05) is 13.6 Å². The number of rotatable bonds is 5. The fourth-order valence-corrected chi connectivity index (χ4v) is 2.41. The maximum absolute atomic E-state index is 12.4.